The molecule has 6 N–H and O–H groups in total. The highest BCUT2D eigenvalue weighted by Gasteiger charge is 2.12. The van der Waals surface area contributed by atoms with Crippen LogP contribution < -0.4 is 11.1 Å². The maximum atomic E-state index is 10.6. The summed E-state index contributed by atoms with van der Waals surface area (Å²) in [4.78, 5) is 40.4. The fourth-order valence-corrected chi connectivity index (χ4v) is 0.804. The number of nitrogens with one attached hydrogen (secondary N) is 1. The molecule has 0 spiro atoms. The van der Waals surface area contributed by atoms with Gasteiger partial charge in [-0.15, -0.1) is 0 Å². The van der Waals surface area contributed by atoms with E-state index in [9.17, 15) is 19.2 Å². The van der Waals surface area contributed by atoms with Gasteiger partial charge in [0, 0.05) is 6.42 Å². The summed E-state index contributed by atoms with van der Waals surface area (Å²) in [6.07, 6.45) is -0.224. The smallest absolute Gasteiger partial charge is 0.322 e. The van der Waals surface area contributed by atoms with E-state index in [4.69, 9.17) is 21.1 Å². The van der Waals surface area contributed by atoms with Crippen LogP contribution in [0.3, 0.4) is 0 Å². The van der Waals surface area contributed by atoms with Gasteiger partial charge in [0.05, 0.1) is 5.25 Å². The molecule has 0 radical (unpaired) electrons. The van der Waals surface area contributed by atoms with Gasteiger partial charge in [0.15, 0.2) is 0 Å². The van der Waals surface area contributed by atoms with Crippen LogP contribution in [0.5, 0.6) is 0 Å². The van der Waals surface area contributed by atoms with Gasteiger partial charge in [0.2, 0.25) is 5.91 Å². The van der Waals surface area contributed by atoms with Crippen LogP contribution in [0.25, 0.3) is 0 Å². The lowest BCUT2D eigenvalue weighted by Gasteiger charge is -2.02. The average molecular weight is 310 g/mol. The van der Waals surface area contributed by atoms with Crippen molar-refractivity contribution < 1.29 is 34.5 Å². The number of thiol groups is 1. The van der Waals surface area contributed by atoms with Gasteiger partial charge in [-0.3, -0.25) is 19.2 Å². The third-order valence-corrected chi connectivity index (χ3v) is 2.01. The molecule has 0 saturated carbocycles. The van der Waals surface area contributed by atoms with E-state index >= 15 is 0 Å². The van der Waals surface area contributed by atoms with Crippen LogP contribution in [0, 0.1) is 0 Å². The third-order valence-electron chi connectivity index (χ3n) is 1.78. The van der Waals surface area contributed by atoms with Crippen molar-refractivity contribution >= 4 is 36.4 Å². The molecule has 20 heavy (non-hydrogen) atoms. The Morgan fingerprint density at radius 1 is 1.15 bits per heavy atom. The fraction of sp³-hybridized carbons (Fsp3) is 0.600. The minimum atomic E-state index is -1.17. The molecule has 1 amide bonds. The predicted octanol–water partition coefficient (Wildman–Crippen LogP) is -1.23. The van der Waals surface area contributed by atoms with Gasteiger partial charge in [-0.2, -0.15) is 12.6 Å². The van der Waals surface area contributed by atoms with E-state index in [2.05, 4.69) is 17.9 Å². The van der Waals surface area contributed by atoms with Gasteiger partial charge in [-0.05, 0) is 13.3 Å². The molecule has 0 bridgehead atoms. The maximum Gasteiger partial charge on any atom is 0.322 e. The zero-order chi connectivity index (χ0) is 16.3. The standard InChI is InChI=1S/C5H9NO4.C5H9NO3S/c6-3(5(9)10)1-2-4(7)8;1-3(10)5(9)6-2-4(7)8/h3H,1-2,6H2,(H,7,8)(H,9,10);3,10H,2H2,1H3,(H,6,9)(H,7,8)/t3-;/m0./s1. The Hall–Kier alpha value is -1.81. The van der Waals surface area contributed by atoms with E-state index in [0.29, 0.717) is 0 Å². The molecule has 0 fully saturated rings. The summed E-state index contributed by atoms with van der Waals surface area (Å²) in [6.45, 7) is 1.23. The number of nitrogens with two attached hydrogens (primary N) is 1. The lowest BCUT2D eigenvalue weighted by molar-refractivity contribution is -0.140. The number of aliphatic carboxylic acids is 3. The van der Waals surface area contributed by atoms with Crippen LogP contribution in [-0.2, 0) is 19.2 Å². The van der Waals surface area contributed by atoms with Crippen molar-refractivity contribution in [1.29, 1.82) is 0 Å². The Morgan fingerprint density at radius 3 is 1.95 bits per heavy atom. The number of hydrogen-bond donors (Lipinski definition) is 6. The first-order valence-electron chi connectivity index (χ1n) is 5.45. The molecule has 0 aliphatic heterocycles. The monoisotopic (exact) mass is 310 g/mol. The molecule has 1 unspecified atom stereocenters. The molecule has 0 aromatic heterocycles. The Morgan fingerprint density at radius 2 is 1.65 bits per heavy atom. The number of amides is 1. The SMILES string of the molecule is CC(S)C(=O)NCC(=O)O.N[C@@H](CCC(=O)O)C(=O)O. The second-order valence-corrected chi connectivity index (χ2v) is 4.44. The van der Waals surface area contributed by atoms with Gasteiger partial charge in [-0.25, -0.2) is 0 Å². The Labute approximate surface area is 120 Å². The number of rotatable bonds is 7. The molecular weight excluding hydrogens is 292 g/mol. The first kappa shape index (κ1) is 20.5. The molecule has 2 atom stereocenters. The molecule has 0 aromatic rings. The van der Waals surface area contributed by atoms with Gasteiger partial charge >= 0.3 is 17.9 Å². The predicted molar refractivity (Wildman–Crippen MR) is 71.6 cm³/mol. The molecule has 0 aliphatic rings. The van der Waals surface area contributed by atoms with Crippen molar-refractivity contribution in [2.24, 2.45) is 5.73 Å². The summed E-state index contributed by atoms with van der Waals surface area (Å²) in [6, 6.07) is -1.06. The number of carboxylic acid groups (broad SMARTS) is 3. The van der Waals surface area contributed by atoms with Crippen molar-refractivity contribution in [2.75, 3.05) is 6.54 Å². The fourth-order valence-electron chi connectivity index (χ4n) is 0.713. The summed E-state index contributed by atoms with van der Waals surface area (Å²) in [5.41, 5.74) is 5.00. The average Bonchev–Trinajstić information content (AvgIpc) is 2.33. The first-order valence-corrected chi connectivity index (χ1v) is 5.97. The molecule has 9 nitrogen and oxygen atoms in total. The lowest BCUT2D eigenvalue weighted by Crippen LogP contribution is -2.33. The molecule has 0 aliphatic carbocycles. The van der Waals surface area contributed by atoms with Crippen molar-refractivity contribution in [1.82, 2.24) is 5.32 Å². The summed E-state index contributed by atoms with van der Waals surface area (Å²) < 4.78 is 0. The summed E-state index contributed by atoms with van der Waals surface area (Å²) >= 11 is 3.79. The van der Waals surface area contributed by atoms with E-state index < -0.39 is 29.2 Å². The van der Waals surface area contributed by atoms with Crippen LogP contribution >= 0.6 is 12.6 Å². The number of carbonyl (C=O) groups excluding carboxylic acids is 1. The van der Waals surface area contributed by atoms with Crippen molar-refractivity contribution in [2.45, 2.75) is 31.1 Å². The Bertz CT molecular complexity index is 360. The number of carbonyl (C=O) groups is 4. The lowest BCUT2D eigenvalue weighted by atomic mass is 10.2. The highest BCUT2D eigenvalue weighted by Crippen LogP contribution is 1.93. The Balaban J connectivity index is 0. The van der Waals surface area contributed by atoms with Gasteiger partial charge in [0.1, 0.15) is 12.6 Å². The third kappa shape index (κ3) is 14.3. The first-order chi connectivity index (χ1) is 9.07. The van der Waals surface area contributed by atoms with Gasteiger partial charge in [-0.1, -0.05) is 0 Å². The minimum Gasteiger partial charge on any atom is -0.481 e. The van der Waals surface area contributed by atoms with Crippen LogP contribution in [0.15, 0.2) is 0 Å². The minimum absolute atomic E-state index is 0.0231. The second kappa shape index (κ2) is 11.1. The molecule has 116 valence electrons. The topological polar surface area (TPSA) is 167 Å². The summed E-state index contributed by atoms with van der Waals surface area (Å²) in [5, 5.41) is 26.1. The van der Waals surface area contributed by atoms with Crippen molar-refractivity contribution in [3.8, 4) is 0 Å². The largest absolute Gasteiger partial charge is 0.481 e. The molecule has 0 aromatic carbocycles. The van der Waals surface area contributed by atoms with E-state index in [0.717, 1.165) is 0 Å². The van der Waals surface area contributed by atoms with Crippen molar-refractivity contribution in [3.05, 3.63) is 0 Å². The number of hydrogen-bond acceptors (Lipinski definition) is 6. The van der Waals surface area contributed by atoms with Gasteiger partial charge in [0.25, 0.3) is 0 Å². The molecular formula is C10H18N2O7S. The van der Waals surface area contributed by atoms with E-state index in [1.165, 1.54) is 0 Å². The molecule has 0 heterocycles. The highest BCUT2D eigenvalue weighted by molar-refractivity contribution is 7.81. The van der Waals surface area contributed by atoms with Crippen LogP contribution in [0.1, 0.15) is 19.8 Å². The maximum absolute atomic E-state index is 10.6. The number of carboxylic acids is 3. The zero-order valence-electron chi connectivity index (χ0n) is 10.8. The van der Waals surface area contributed by atoms with Crippen LogP contribution in [0.2, 0.25) is 0 Å². The molecule has 10 heteroatoms. The summed E-state index contributed by atoms with van der Waals surface area (Å²) in [7, 11) is 0. The van der Waals surface area contributed by atoms with E-state index in [-0.39, 0.29) is 25.3 Å². The zero-order valence-corrected chi connectivity index (χ0v) is 11.7. The molecule has 0 rings (SSSR count). The normalized spacial score (nSPS) is 12.3. The van der Waals surface area contributed by atoms with E-state index in [1.54, 1.807) is 6.92 Å². The summed E-state index contributed by atoms with van der Waals surface area (Å²) in [5.74, 6) is -3.62. The molecule has 0 saturated heterocycles. The van der Waals surface area contributed by atoms with Crippen LogP contribution in [0.4, 0.5) is 0 Å². The second-order valence-electron chi connectivity index (χ2n) is 3.66. The van der Waals surface area contributed by atoms with Gasteiger partial charge < -0.3 is 26.4 Å². The van der Waals surface area contributed by atoms with E-state index in [1.807, 2.05) is 0 Å². The van der Waals surface area contributed by atoms with Crippen LogP contribution in [-0.4, -0.2) is 57.0 Å². The Kier molecular flexibility index (Phi) is 11.3. The quantitative estimate of drug-likeness (QED) is 0.318. The van der Waals surface area contributed by atoms with Crippen molar-refractivity contribution in [3.63, 3.8) is 0 Å². The highest BCUT2D eigenvalue weighted by atomic mass is 32.1.